The van der Waals surface area contributed by atoms with E-state index >= 15 is 0 Å². The van der Waals surface area contributed by atoms with E-state index in [0.717, 1.165) is 48.1 Å². The fourth-order valence-corrected chi connectivity index (χ4v) is 4.44. The highest BCUT2D eigenvalue weighted by Gasteiger charge is 2.25. The molecule has 166 valence electrons. The highest BCUT2D eigenvalue weighted by molar-refractivity contribution is 6.32. The summed E-state index contributed by atoms with van der Waals surface area (Å²) in [5, 5.41) is 24.6. The second-order valence-corrected chi connectivity index (χ2v) is 8.51. The first-order valence-corrected chi connectivity index (χ1v) is 11.0. The van der Waals surface area contributed by atoms with Crippen molar-refractivity contribution in [3.8, 4) is 5.75 Å². The molecule has 0 aliphatic carbocycles. The average Bonchev–Trinajstić information content (AvgIpc) is 2.82. The number of aliphatic hydroxyl groups is 1. The summed E-state index contributed by atoms with van der Waals surface area (Å²) in [4.78, 5) is 5.80. The zero-order valence-electron chi connectivity index (χ0n) is 18.2. The van der Waals surface area contributed by atoms with E-state index in [1.807, 2.05) is 43.3 Å². The third-order valence-corrected chi connectivity index (χ3v) is 6.37. The number of fused-ring (bicyclic) bond motifs is 1. The fourth-order valence-electron chi connectivity index (χ4n) is 4.16. The Morgan fingerprint density at radius 3 is 2.66 bits per heavy atom. The first-order chi connectivity index (χ1) is 15.5. The first kappa shape index (κ1) is 22.1. The lowest BCUT2D eigenvalue weighted by molar-refractivity contribution is 0.110. The van der Waals surface area contributed by atoms with Crippen LogP contribution in [0.2, 0.25) is 5.02 Å². The molecule has 8 heteroatoms. The topological polar surface area (TPSA) is 74.9 Å². The Bertz CT molecular complexity index is 1150. The maximum Gasteiger partial charge on any atom is 0.188 e. The second-order valence-electron chi connectivity index (χ2n) is 8.10. The monoisotopic (exact) mass is 451 g/mol. The number of halogens is 1. The maximum atomic E-state index is 9.90. The number of ether oxygens (including phenoxy) is 1. The van der Waals surface area contributed by atoms with Gasteiger partial charge in [0, 0.05) is 30.4 Å². The third kappa shape index (κ3) is 4.57. The van der Waals surface area contributed by atoms with Crippen LogP contribution in [0.1, 0.15) is 25.3 Å². The summed E-state index contributed by atoms with van der Waals surface area (Å²) in [5.74, 6) is 2.39. The Balaban J connectivity index is 1.62. The fraction of sp³-hybridized carbons (Fsp3) is 0.375. The molecule has 0 bridgehead atoms. The number of nitrogens with one attached hydrogen (secondary N) is 1. The van der Waals surface area contributed by atoms with Gasteiger partial charge in [0.1, 0.15) is 5.75 Å². The van der Waals surface area contributed by atoms with Crippen LogP contribution < -0.4 is 15.0 Å². The minimum atomic E-state index is -0.292. The molecule has 1 aromatic heterocycles. The van der Waals surface area contributed by atoms with Crippen LogP contribution >= 0.6 is 11.6 Å². The minimum Gasteiger partial charge on any atom is -0.495 e. The smallest absolute Gasteiger partial charge is 0.188 e. The van der Waals surface area contributed by atoms with Crippen LogP contribution in [0.25, 0.3) is 15.6 Å². The number of hydrogen-bond donors (Lipinski definition) is 2. The van der Waals surface area contributed by atoms with Crippen molar-refractivity contribution in [1.29, 1.82) is 0 Å². The number of rotatable bonds is 6. The van der Waals surface area contributed by atoms with E-state index in [2.05, 4.69) is 25.3 Å². The molecule has 32 heavy (non-hydrogen) atoms. The van der Waals surface area contributed by atoms with E-state index in [9.17, 15) is 5.11 Å². The van der Waals surface area contributed by atoms with Gasteiger partial charge >= 0.3 is 0 Å². The average molecular weight is 452 g/mol. The van der Waals surface area contributed by atoms with E-state index in [0.29, 0.717) is 34.7 Å². The molecule has 2 heterocycles. The predicted molar refractivity (Wildman–Crippen MR) is 128 cm³/mol. The van der Waals surface area contributed by atoms with Crippen molar-refractivity contribution in [3.05, 3.63) is 58.4 Å². The van der Waals surface area contributed by atoms with Gasteiger partial charge in [0.15, 0.2) is 17.3 Å². The van der Waals surface area contributed by atoms with Gasteiger partial charge in [-0.2, -0.15) is 0 Å². The van der Waals surface area contributed by atoms with Crippen LogP contribution in [-0.2, 0) is 6.54 Å². The molecular formula is C24H26ClN5O2. The number of aliphatic hydroxyl groups excluding tert-OH is 1. The zero-order chi connectivity index (χ0) is 22.7. The first-order valence-electron chi connectivity index (χ1n) is 10.7. The normalized spacial score (nSPS) is 15.4. The Hall–Kier alpha value is -3.08. The largest absolute Gasteiger partial charge is 0.495 e. The number of piperidine rings is 1. The SMILES string of the molecule is [C-]#[N+]c1ccc2c(N3CCC(C(C)O)CC3)nnc(NCc3ccc(OC)c(Cl)c3)c2c1. The molecule has 3 aromatic rings. The van der Waals surface area contributed by atoms with Gasteiger partial charge in [-0.25, -0.2) is 4.85 Å². The maximum absolute atomic E-state index is 9.90. The van der Waals surface area contributed by atoms with E-state index < -0.39 is 0 Å². The van der Waals surface area contributed by atoms with Crippen LogP contribution in [0.3, 0.4) is 0 Å². The second kappa shape index (κ2) is 9.60. The van der Waals surface area contributed by atoms with Crippen molar-refractivity contribution in [2.75, 3.05) is 30.4 Å². The molecule has 1 atom stereocenters. The highest BCUT2D eigenvalue weighted by atomic mass is 35.5. The predicted octanol–water partition coefficient (Wildman–Crippen LogP) is 5.05. The summed E-state index contributed by atoms with van der Waals surface area (Å²) in [6, 6.07) is 11.2. The van der Waals surface area contributed by atoms with Gasteiger partial charge < -0.3 is 20.1 Å². The van der Waals surface area contributed by atoms with E-state index in [1.165, 1.54) is 0 Å². The summed E-state index contributed by atoms with van der Waals surface area (Å²) < 4.78 is 5.21. The van der Waals surface area contributed by atoms with E-state index in [-0.39, 0.29) is 6.10 Å². The van der Waals surface area contributed by atoms with Gasteiger partial charge in [-0.3, -0.25) is 0 Å². The van der Waals surface area contributed by atoms with Crippen molar-refractivity contribution in [3.63, 3.8) is 0 Å². The number of aromatic nitrogens is 2. The summed E-state index contributed by atoms with van der Waals surface area (Å²) in [6.45, 7) is 11.4. The number of anilines is 2. The minimum absolute atomic E-state index is 0.292. The van der Waals surface area contributed by atoms with E-state index in [4.69, 9.17) is 22.9 Å². The molecule has 1 fully saturated rings. The standard InChI is InChI=1S/C24H26ClN5O2/c1-15(31)17-8-10-30(11-9-17)24-19-6-5-18(26-2)13-20(19)23(28-29-24)27-14-16-4-7-22(32-3)21(25)12-16/h4-7,12-13,15,17,31H,8-11,14H2,1,3H3,(H,27,28). The Labute approximate surface area is 192 Å². The van der Waals surface area contributed by atoms with Gasteiger partial charge in [0.2, 0.25) is 0 Å². The van der Waals surface area contributed by atoms with Crippen LogP contribution in [0.5, 0.6) is 5.75 Å². The van der Waals surface area contributed by atoms with Crippen molar-refractivity contribution < 1.29 is 9.84 Å². The van der Waals surface area contributed by atoms with Gasteiger partial charge in [0.05, 0.1) is 24.8 Å². The lowest BCUT2D eigenvalue weighted by Crippen LogP contribution is -2.37. The van der Waals surface area contributed by atoms with Crippen molar-refractivity contribution in [2.45, 2.75) is 32.4 Å². The van der Waals surface area contributed by atoms with Gasteiger partial charge in [-0.05, 0) is 49.4 Å². The number of methoxy groups -OCH3 is 1. The molecule has 1 aliphatic rings. The Morgan fingerprint density at radius 1 is 1.22 bits per heavy atom. The number of benzene rings is 2. The molecule has 0 spiro atoms. The Morgan fingerprint density at radius 2 is 2.00 bits per heavy atom. The van der Waals surface area contributed by atoms with Crippen molar-refractivity contribution in [2.24, 2.45) is 5.92 Å². The molecule has 2 N–H and O–H groups in total. The lowest BCUT2D eigenvalue weighted by atomic mass is 9.92. The molecule has 1 unspecified atom stereocenters. The molecule has 7 nitrogen and oxygen atoms in total. The van der Waals surface area contributed by atoms with E-state index in [1.54, 1.807) is 7.11 Å². The molecule has 0 radical (unpaired) electrons. The van der Waals surface area contributed by atoms with Crippen LogP contribution in [0, 0.1) is 12.5 Å². The summed E-state index contributed by atoms with van der Waals surface area (Å²) in [5.41, 5.74) is 1.54. The van der Waals surface area contributed by atoms with Gasteiger partial charge in [0.25, 0.3) is 0 Å². The van der Waals surface area contributed by atoms with Crippen LogP contribution in [0.4, 0.5) is 17.3 Å². The summed E-state index contributed by atoms with van der Waals surface area (Å²) in [7, 11) is 1.59. The van der Waals surface area contributed by atoms with Crippen LogP contribution in [0.15, 0.2) is 36.4 Å². The summed E-state index contributed by atoms with van der Waals surface area (Å²) >= 11 is 6.25. The lowest BCUT2D eigenvalue weighted by Gasteiger charge is -2.34. The quantitative estimate of drug-likeness (QED) is 0.511. The number of nitrogens with zero attached hydrogens (tertiary/aromatic N) is 4. The number of hydrogen-bond acceptors (Lipinski definition) is 6. The highest BCUT2D eigenvalue weighted by Crippen LogP contribution is 2.34. The molecular weight excluding hydrogens is 426 g/mol. The summed E-state index contributed by atoms with van der Waals surface area (Å²) in [6.07, 6.45) is 1.54. The van der Waals surface area contributed by atoms with Crippen molar-refractivity contribution in [1.82, 2.24) is 10.2 Å². The molecule has 0 amide bonds. The Kier molecular flexibility index (Phi) is 6.63. The molecule has 4 rings (SSSR count). The third-order valence-electron chi connectivity index (χ3n) is 6.07. The van der Waals surface area contributed by atoms with Crippen LogP contribution in [-0.4, -0.2) is 41.6 Å². The van der Waals surface area contributed by atoms with Gasteiger partial charge in [-0.1, -0.05) is 29.8 Å². The molecule has 0 saturated carbocycles. The molecule has 2 aromatic carbocycles. The van der Waals surface area contributed by atoms with Gasteiger partial charge in [-0.15, -0.1) is 10.2 Å². The molecule has 1 saturated heterocycles. The zero-order valence-corrected chi connectivity index (χ0v) is 18.9. The molecule has 1 aliphatic heterocycles. The van der Waals surface area contributed by atoms with Crippen molar-refractivity contribution >= 4 is 39.7 Å².